The predicted octanol–water partition coefficient (Wildman–Crippen LogP) is 2.53. The lowest BCUT2D eigenvalue weighted by Gasteiger charge is -2.23. The maximum Gasteiger partial charge on any atom is 0.330 e. The van der Waals surface area contributed by atoms with Crippen molar-refractivity contribution in [3.05, 3.63) is 49.6 Å². The molecular formula is C23H31ClN4O6. The molecule has 0 fully saturated rings. The molecule has 0 unspecified atom stereocenters. The number of carbonyl (C=O) groups excluding carboxylic acids is 1. The Kier molecular flexibility index (Phi) is 9.76. The van der Waals surface area contributed by atoms with Gasteiger partial charge in [0.15, 0.2) is 17.2 Å². The van der Waals surface area contributed by atoms with Gasteiger partial charge < -0.3 is 19.9 Å². The number of aromatic nitrogens is 2. The number of nitrogens with two attached hydrogens (primary N) is 1. The summed E-state index contributed by atoms with van der Waals surface area (Å²) in [6.07, 6.45) is 2.81. The SMILES string of the molecule is CCOc1cc(/C=C/C(=O)N(CCOC)c2c(N)n(CC(C)C)c(=O)[nH]c2=O)cc(Cl)c1OC. The molecule has 1 aromatic carbocycles. The van der Waals surface area contributed by atoms with Crippen LogP contribution in [0.1, 0.15) is 26.3 Å². The van der Waals surface area contributed by atoms with Gasteiger partial charge in [0.25, 0.3) is 11.5 Å². The van der Waals surface area contributed by atoms with Crippen molar-refractivity contribution in [3.8, 4) is 11.5 Å². The number of nitrogen functional groups attached to an aromatic ring is 1. The number of carbonyl (C=O) groups is 1. The number of nitrogens with zero attached hydrogens (tertiary/aromatic N) is 2. The molecule has 2 rings (SSSR count). The van der Waals surface area contributed by atoms with E-state index in [4.69, 9.17) is 31.5 Å². The van der Waals surface area contributed by atoms with Crippen LogP contribution >= 0.6 is 11.6 Å². The molecule has 0 aliphatic heterocycles. The molecule has 0 spiro atoms. The van der Waals surface area contributed by atoms with Crippen LogP contribution in [0, 0.1) is 5.92 Å². The number of anilines is 2. The Hall–Kier alpha value is -3.24. The molecule has 186 valence electrons. The third-order valence-corrected chi connectivity index (χ3v) is 5.05. The van der Waals surface area contributed by atoms with Crippen LogP contribution in [-0.4, -0.2) is 49.4 Å². The number of methoxy groups -OCH3 is 2. The van der Waals surface area contributed by atoms with Crippen LogP contribution in [0.2, 0.25) is 5.02 Å². The summed E-state index contributed by atoms with van der Waals surface area (Å²) in [4.78, 5) is 41.5. The van der Waals surface area contributed by atoms with Gasteiger partial charge in [-0.3, -0.25) is 24.0 Å². The third-order valence-electron chi connectivity index (χ3n) is 4.77. The minimum absolute atomic E-state index is 0.0421. The molecule has 0 atom stereocenters. The summed E-state index contributed by atoms with van der Waals surface area (Å²) in [5.74, 6) is 0.282. The van der Waals surface area contributed by atoms with Gasteiger partial charge in [-0.2, -0.15) is 0 Å². The number of H-pyrrole nitrogens is 1. The van der Waals surface area contributed by atoms with E-state index >= 15 is 0 Å². The number of rotatable bonds is 11. The smallest absolute Gasteiger partial charge is 0.330 e. The number of hydrogen-bond acceptors (Lipinski definition) is 7. The van der Waals surface area contributed by atoms with E-state index in [1.807, 2.05) is 20.8 Å². The number of benzene rings is 1. The Balaban J connectivity index is 2.50. The van der Waals surface area contributed by atoms with E-state index in [1.165, 1.54) is 35.8 Å². The molecule has 10 nitrogen and oxygen atoms in total. The summed E-state index contributed by atoms with van der Waals surface area (Å²) in [5.41, 5.74) is 5.27. The van der Waals surface area contributed by atoms with Crippen LogP contribution in [0.5, 0.6) is 11.5 Å². The Labute approximate surface area is 202 Å². The van der Waals surface area contributed by atoms with Crippen molar-refractivity contribution < 1.29 is 19.0 Å². The topological polar surface area (TPSA) is 129 Å². The molecule has 1 amide bonds. The number of nitrogens with one attached hydrogen (secondary N) is 1. The van der Waals surface area contributed by atoms with E-state index < -0.39 is 17.2 Å². The first-order valence-corrected chi connectivity index (χ1v) is 11.1. The lowest BCUT2D eigenvalue weighted by molar-refractivity contribution is -0.114. The standard InChI is InChI=1S/C23H31ClN4O6/c1-6-34-17-12-15(11-16(24)20(17)33-5)7-8-18(29)27(9-10-32-4)19-21(25)28(13-14(2)3)23(31)26-22(19)30/h7-8,11-12,14H,6,9-10,13,25H2,1-5H3,(H,26,30,31)/b8-7+. The van der Waals surface area contributed by atoms with Gasteiger partial charge in [0.1, 0.15) is 5.82 Å². The van der Waals surface area contributed by atoms with Crippen molar-refractivity contribution in [2.45, 2.75) is 27.3 Å². The molecular weight excluding hydrogens is 464 g/mol. The molecule has 11 heteroatoms. The molecule has 0 saturated carbocycles. The monoisotopic (exact) mass is 494 g/mol. The molecule has 34 heavy (non-hydrogen) atoms. The first-order chi connectivity index (χ1) is 16.1. The number of halogens is 1. The van der Waals surface area contributed by atoms with Gasteiger partial charge >= 0.3 is 5.69 Å². The largest absolute Gasteiger partial charge is 0.491 e. The summed E-state index contributed by atoms with van der Waals surface area (Å²) in [6, 6.07) is 3.30. The Morgan fingerprint density at radius 2 is 2.00 bits per heavy atom. The second-order valence-corrected chi connectivity index (χ2v) is 8.19. The molecule has 0 aliphatic rings. The first-order valence-electron chi connectivity index (χ1n) is 10.8. The van der Waals surface area contributed by atoms with Gasteiger partial charge in [-0.15, -0.1) is 0 Å². The number of aromatic amines is 1. The molecule has 0 aliphatic carbocycles. The van der Waals surface area contributed by atoms with Gasteiger partial charge in [0.05, 0.1) is 25.3 Å². The summed E-state index contributed by atoms with van der Waals surface area (Å²) >= 11 is 6.28. The fraction of sp³-hybridized carbons (Fsp3) is 0.435. The zero-order valence-corrected chi connectivity index (χ0v) is 20.8. The number of amides is 1. The summed E-state index contributed by atoms with van der Waals surface area (Å²) < 4.78 is 17.2. The van der Waals surface area contributed by atoms with E-state index in [-0.39, 0.29) is 37.1 Å². The van der Waals surface area contributed by atoms with Crippen LogP contribution in [0.3, 0.4) is 0 Å². The highest BCUT2D eigenvalue weighted by Gasteiger charge is 2.23. The van der Waals surface area contributed by atoms with Crippen molar-refractivity contribution in [1.82, 2.24) is 9.55 Å². The summed E-state index contributed by atoms with van der Waals surface area (Å²) in [5, 5.41) is 0.318. The molecule has 0 radical (unpaired) electrons. The normalized spacial score (nSPS) is 11.3. The average Bonchev–Trinajstić information content (AvgIpc) is 2.77. The van der Waals surface area contributed by atoms with Gasteiger partial charge in [-0.1, -0.05) is 25.4 Å². The number of ether oxygens (including phenoxy) is 3. The van der Waals surface area contributed by atoms with Crippen molar-refractivity contribution in [2.24, 2.45) is 5.92 Å². The van der Waals surface area contributed by atoms with Gasteiger partial charge in [-0.05, 0) is 36.6 Å². The van der Waals surface area contributed by atoms with Crippen molar-refractivity contribution >= 4 is 35.1 Å². The van der Waals surface area contributed by atoms with E-state index in [1.54, 1.807) is 12.1 Å². The van der Waals surface area contributed by atoms with Crippen LogP contribution in [-0.2, 0) is 16.1 Å². The van der Waals surface area contributed by atoms with E-state index in [0.717, 1.165) is 0 Å². The maximum absolute atomic E-state index is 13.2. The minimum atomic E-state index is -0.758. The molecule has 3 N–H and O–H groups in total. The lowest BCUT2D eigenvalue weighted by Crippen LogP contribution is -2.42. The maximum atomic E-state index is 13.2. The Morgan fingerprint density at radius 1 is 1.29 bits per heavy atom. The van der Waals surface area contributed by atoms with Gasteiger partial charge in [0.2, 0.25) is 0 Å². The fourth-order valence-electron chi connectivity index (χ4n) is 3.30. The fourth-order valence-corrected chi connectivity index (χ4v) is 3.60. The first kappa shape index (κ1) is 27.0. The van der Waals surface area contributed by atoms with Gasteiger partial charge in [-0.25, -0.2) is 4.79 Å². The zero-order chi connectivity index (χ0) is 25.4. The Bertz CT molecular complexity index is 1160. The highest BCUT2D eigenvalue weighted by Crippen LogP contribution is 2.36. The second kappa shape index (κ2) is 12.3. The Morgan fingerprint density at radius 3 is 2.59 bits per heavy atom. The van der Waals surface area contributed by atoms with Crippen LogP contribution in [0.4, 0.5) is 11.5 Å². The molecule has 1 aromatic heterocycles. The quantitative estimate of drug-likeness (QED) is 0.459. The van der Waals surface area contributed by atoms with Crippen molar-refractivity contribution in [3.63, 3.8) is 0 Å². The molecule has 0 saturated heterocycles. The van der Waals surface area contributed by atoms with Crippen molar-refractivity contribution in [1.29, 1.82) is 0 Å². The van der Waals surface area contributed by atoms with Gasteiger partial charge in [0, 0.05) is 26.3 Å². The van der Waals surface area contributed by atoms with E-state index in [2.05, 4.69) is 4.98 Å². The molecule has 0 bridgehead atoms. The predicted molar refractivity (Wildman–Crippen MR) is 133 cm³/mol. The lowest BCUT2D eigenvalue weighted by atomic mass is 10.1. The molecule has 2 aromatic rings. The minimum Gasteiger partial charge on any atom is -0.491 e. The van der Waals surface area contributed by atoms with E-state index in [9.17, 15) is 14.4 Å². The highest BCUT2D eigenvalue weighted by molar-refractivity contribution is 6.32. The molecule has 1 heterocycles. The zero-order valence-electron chi connectivity index (χ0n) is 20.0. The third kappa shape index (κ3) is 6.42. The number of hydrogen-bond donors (Lipinski definition) is 2. The van der Waals surface area contributed by atoms with Crippen LogP contribution < -0.4 is 31.4 Å². The van der Waals surface area contributed by atoms with E-state index in [0.29, 0.717) is 28.7 Å². The van der Waals surface area contributed by atoms with Crippen molar-refractivity contribution in [2.75, 3.05) is 44.6 Å². The highest BCUT2D eigenvalue weighted by atomic mass is 35.5. The average molecular weight is 495 g/mol. The second-order valence-electron chi connectivity index (χ2n) is 7.78. The van der Waals surface area contributed by atoms with Crippen LogP contribution in [0.25, 0.3) is 6.08 Å². The summed E-state index contributed by atoms with van der Waals surface area (Å²) in [6.45, 7) is 6.51. The summed E-state index contributed by atoms with van der Waals surface area (Å²) in [7, 11) is 2.96. The van der Waals surface area contributed by atoms with Crippen LogP contribution in [0.15, 0.2) is 27.8 Å².